The van der Waals surface area contributed by atoms with Gasteiger partial charge in [-0.05, 0) is 25.6 Å². The molecule has 1 aliphatic heterocycles. The number of nitrogens with zero attached hydrogens (tertiary/aromatic N) is 1. The first-order valence-corrected chi connectivity index (χ1v) is 6.94. The molecule has 2 rings (SSSR count). The fourth-order valence-electron chi connectivity index (χ4n) is 2.42. The Morgan fingerprint density at radius 3 is 2.55 bits per heavy atom. The molecule has 1 aliphatic rings. The Labute approximate surface area is 126 Å². The topological polar surface area (TPSA) is 66.8 Å². The number of likely N-dealkylation sites (N-methyl/N-ethyl adjacent to an activating group) is 1. The molecule has 1 N–H and O–H groups in total. The highest BCUT2D eigenvalue weighted by Crippen LogP contribution is 2.19. The molecule has 0 saturated carbocycles. The van der Waals surface area contributed by atoms with E-state index < -0.39 is 34.5 Å². The van der Waals surface area contributed by atoms with Gasteiger partial charge in [0, 0.05) is 19.5 Å². The number of carbonyl (C=O) groups excluding carboxylic acids is 1. The molecule has 0 radical (unpaired) electrons. The minimum Gasteiger partial charge on any atom is -0.478 e. The van der Waals surface area contributed by atoms with Gasteiger partial charge in [-0.2, -0.15) is 0 Å². The van der Waals surface area contributed by atoms with Crippen molar-refractivity contribution in [3.05, 3.63) is 34.9 Å². The molecule has 0 bridgehead atoms. The zero-order valence-electron chi connectivity index (χ0n) is 12.1. The summed E-state index contributed by atoms with van der Waals surface area (Å²) in [5, 5.41) is 8.72. The maximum atomic E-state index is 13.8. The summed E-state index contributed by atoms with van der Waals surface area (Å²) in [6.07, 6.45) is 0.161. The van der Waals surface area contributed by atoms with Crippen LogP contribution in [0, 0.1) is 11.6 Å². The van der Waals surface area contributed by atoms with Crippen molar-refractivity contribution >= 4 is 11.8 Å². The van der Waals surface area contributed by atoms with Gasteiger partial charge >= 0.3 is 5.97 Å². The summed E-state index contributed by atoms with van der Waals surface area (Å²) in [5.41, 5.74) is -1.21. The Balaban J connectivity index is 2.05. The smallest absolute Gasteiger partial charge is 0.335 e. The number of carboxylic acids is 1. The van der Waals surface area contributed by atoms with Gasteiger partial charge in [0.05, 0.1) is 23.8 Å². The number of benzene rings is 1. The van der Waals surface area contributed by atoms with Crippen LogP contribution in [0.4, 0.5) is 8.78 Å². The molecule has 120 valence electrons. The molecule has 1 fully saturated rings. The SMILES string of the molecule is CN1CCO[C@@H](CCC(=O)c2c(F)cc(C(=O)O)cc2F)C1. The standard InChI is InChI=1S/C15H17F2NO4/c1-18-4-5-22-10(8-18)2-3-13(19)14-11(16)6-9(15(20)21)7-12(14)17/h6-7,10H,2-5,8H2,1H3,(H,20,21)/t10-/m0/s1. The van der Waals surface area contributed by atoms with Crippen molar-refractivity contribution in [1.29, 1.82) is 0 Å². The number of hydrogen-bond donors (Lipinski definition) is 1. The highest BCUT2D eigenvalue weighted by molar-refractivity contribution is 5.98. The van der Waals surface area contributed by atoms with Crippen LogP contribution in [-0.2, 0) is 4.74 Å². The first kappa shape index (κ1) is 16.5. The van der Waals surface area contributed by atoms with Crippen LogP contribution in [0.3, 0.4) is 0 Å². The van der Waals surface area contributed by atoms with Crippen LogP contribution in [0.15, 0.2) is 12.1 Å². The number of ether oxygens (including phenoxy) is 1. The van der Waals surface area contributed by atoms with Crippen LogP contribution in [-0.4, -0.2) is 54.6 Å². The number of rotatable bonds is 5. The number of carbonyl (C=O) groups is 2. The van der Waals surface area contributed by atoms with Crippen molar-refractivity contribution in [3.8, 4) is 0 Å². The lowest BCUT2D eigenvalue weighted by Crippen LogP contribution is -2.40. The van der Waals surface area contributed by atoms with Gasteiger partial charge in [-0.1, -0.05) is 0 Å². The first-order valence-electron chi connectivity index (χ1n) is 6.94. The summed E-state index contributed by atoms with van der Waals surface area (Å²) in [6, 6.07) is 1.31. The quantitative estimate of drug-likeness (QED) is 0.842. The number of Topliss-reactive ketones (excluding diaryl/α,β-unsaturated/α-hetero) is 1. The van der Waals surface area contributed by atoms with Crippen LogP contribution < -0.4 is 0 Å². The van der Waals surface area contributed by atoms with E-state index in [9.17, 15) is 18.4 Å². The third-order valence-corrected chi connectivity index (χ3v) is 3.60. The van der Waals surface area contributed by atoms with Gasteiger partial charge in [0.1, 0.15) is 11.6 Å². The fourth-order valence-corrected chi connectivity index (χ4v) is 2.42. The first-order chi connectivity index (χ1) is 10.4. The zero-order valence-corrected chi connectivity index (χ0v) is 12.1. The van der Waals surface area contributed by atoms with Gasteiger partial charge in [-0.25, -0.2) is 13.6 Å². The second-order valence-corrected chi connectivity index (χ2v) is 5.34. The molecule has 1 atom stereocenters. The lowest BCUT2D eigenvalue weighted by atomic mass is 10.0. The lowest BCUT2D eigenvalue weighted by molar-refractivity contribution is -0.0233. The van der Waals surface area contributed by atoms with E-state index in [1.165, 1.54) is 0 Å². The van der Waals surface area contributed by atoms with Crippen LogP contribution >= 0.6 is 0 Å². The third-order valence-electron chi connectivity index (χ3n) is 3.60. The Hall–Kier alpha value is -1.86. The van der Waals surface area contributed by atoms with Gasteiger partial charge < -0.3 is 14.7 Å². The number of hydrogen-bond acceptors (Lipinski definition) is 4. The highest BCUT2D eigenvalue weighted by atomic mass is 19.1. The van der Waals surface area contributed by atoms with E-state index in [1.54, 1.807) is 0 Å². The average Bonchev–Trinajstić information content (AvgIpc) is 2.44. The van der Waals surface area contributed by atoms with Crippen LogP contribution in [0.2, 0.25) is 0 Å². The predicted molar refractivity (Wildman–Crippen MR) is 74.1 cm³/mol. The summed E-state index contributed by atoms with van der Waals surface area (Å²) in [4.78, 5) is 24.8. The van der Waals surface area contributed by atoms with Gasteiger partial charge in [-0.3, -0.25) is 4.79 Å². The molecule has 22 heavy (non-hydrogen) atoms. The Bertz CT molecular complexity index is 568. The molecule has 5 nitrogen and oxygen atoms in total. The largest absolute Gasteiger partial charge is 0.478 e. The van der Waals surface area contributed by atoms with Gasteiger partial charge in [0.2, 0.25) is 0 Å². The highest BCUT2D eigenvalue weighted by Gasteiger charge is 2.23. The Kier molecular flexibility index (Phi) is 5.20. The maximum Gasteiger partial charge on any atom is 0.335 e. The molecule has 0 amide bonds. The molecular weight excluding hydrogens is 296 g/mol. The Morgan fingerprint density at radius 2 is 2.00 bits per heavy atom. The van der Waals surface area contributed by atoms with E-state index in [-0.39, 0.29) is 12.5 Å². The van der Waals surface area contributed by atoms with Crippen molar-refractivity contribution in [2.75, 3.05) is 26.7 Å². The second-order valence-electron chi connectivity index (χ2n) is 5.34. The average molecular weight is 313 g/mol. The van der Waals surface area contributed by atoms with E-state index in [2.05, 4.69) is 4.90 Å². The molecule has 1 saturated heterocycles. The summed E-state index contributed by atoms with van der Waals surface area (Å²) in [7, 11) is 1.93. The van der Waals surface area contributed by atoms with E-state index >= 15 is 0 Å². The number of halogens is 2. The van der Waals surface area contributed by atoms with Crippen LogP contribution in [0.1, 0.15) is 33.6 Å². The van der Waals surface area contributed by atoms with Crippen molar-refractivity contribution < 1.29 is 28.2 Å². The number of morpholine rings is 1. The molecular formula is C15H17F2NO4. The van der Waals surface area contributed by atoms with Gasteiger partial charge in [0.15, 0.2) is 5.78 Å². The molecule has 1 heterocycles. The summed E-state index contributed by atoms with van der Waals surface area (Å²) < 4.78 is 33.1. The number of carboxylic acid groups (broad SMARTS) is 1. The van der Waals surface area contributed by atoms with Crippen molar-refractivity contribution in [2.45, 2.75) is 18.9 Å². The summed E-state index contributed by atoms with van der Waals surface area (Å²) >= 11 is 0. The van der Waals surface area contributed by atoms with E-state index in [4.69, 9.17) is 9.84 Å². The lowest BCUT2D eigenvalue weighted by Gasteiger charge is -2.29. The van der Waals surface area contributed by atoms with Gasteiger partial charge in [0.25, 0.3) is 0 Å². The molecule has 0 aliphatic carbocycles. The Morgan fingerprint density at radius 1 is 1.36 bits per heavy atom. The number of aromatic carboxylic acids is 1. The second kappa shape index (κ2) is 6.93. The van der Waals surface area contributed by atoms with E-state index in [1.807, 2.05) is 7.05 Å². The predicted octanol–water partition coefficient (Wildman–Crippen LogP) is 1.96. The molecule has 1 aromatic rings. The van der Waals surface area contributed by atoms with Crippen LogP contribution in [0.25, 0.3) is 0 Å². The minimum absolute atomic E-state index is 0.0568. The van der Waals surface area contributed by atoms with Crippen molar-refractivity contribution in [3.63, 3.8) is 0 Å². The van der Waals surface area contributed by atoms with Crippen molar-refractivity contribution in [1.82, 2.24) is 4.90 Å². The molecule has 7 heteroatoms. The van der Waals surface area contributed by atoms with E-state index in [0.29, 0.717) is 31.7 Å². The molecule has 0 spiro atoms. The zero-order chi connectivity index (χ0) is 16.3. The van der Waals surface area contributed by atoms with Crippen LogP contribution in [0.5, 0.6) is 0 Å². The molecule has 0 aromatic heterocycles. The van der Waals surface area contributed by atoms with Gasteiger partial charge in [-0.15, -0.1) is 0 Å². The minimum atomic E-state index is -1.45. The maximum absolute atomic E-state index is 13.8. The van der Waals surface area contributed by atoms with Crippen molar-refractivity contribution in [2.24, 2.45) is 0 Å². The normalized spacial score (nSPS) is 19.1. The summed E-state index contributed by atoms with van der Waals surface area (Å²) in [6.45, 7) is 2.03. The molecule has 0 unspecified atom stereocenters. The van der Waals surface area contributed by atoms with E-state index in [0.717, 1.165) is 6.54 Å². The summed E-state index contributed by atoms with van der Waals surface area (Å²) in [5.74, 6) is -4.44. The monoisotopic (exact) mass is 313 g/mol. The number of ketones is 1. The third kappa shape index (κ3) is 3.86. The molecule has 1 aromatic carbocycles. The fraction of sp³-hybridized carbons (Fsp3) is 0.467.